The molecule has 1 saturated heterocycles. The van der Waals surface area contributed by atoms with Crippen molar-refractivity contribution in [2.45, 2.75) is 31.8 Å². The summed E-state index contributed by atoms with van der Waals surface area (Å²) in [5, 5.41) is 0. The summed E-state index contributed by atoms with van der Waals surface area (Å²) in [7, 11) is 1.63. The Kier molecular flexibility index (Phi) is 6.02. The third kappa shape index (κ3) is 4.19. The van der Waals surface area contributed by atoms with Crippen LogP contribution in [0.15, 0.2) is 24.3 Å². The first-order valence-electron chi connectivity index (χ1n) is 7.53. The first-order chi connectivity index (χ1) is 10.3. The van der Waals surface area contributed by atoms with Crippen LogP contribution in [0.2, 0.25) is 0 Å². The van der Waals surface area contributed by atoms with Crippen molar-refractivity contribution in [1.82, 2.24) is 0 Å². The molecule has 1 aromatic carbocycles. The molecule has 2 rings (SSSR count). The molecule has 5 nitrogen and oxygen atoms in total. The van der Waals surface area contributed by atoms with Gasteiger partial charge in [-0.25, -0.2) is 0 Å². The lowest BCUT2D eigenvalue weighted by Gasteiger charge is -2.29. The van der Waals surface area contributed by atoms with Gasteiger partial charge in [-0.2, -0.15) is 0 Å². The van der Waals surface area contributed by atoms with Gasteiger partial charge in [0.2, 0.25) is 0 Å². The standard InChI is InChI=1S/C16H24N2O3/c1-20-14-8-6-13(7-9-14)18(11-4-10-17)16(19)15-5-2-3-12-21-15/h6-9,15H,2-5,10-12,17H2,1H3. The fourth-order valence-electron chi connectivity index (χ4n) is 2.49. The highest BCUT2D eigenvalue weighted by Crippen LogP contribution is 2.23. The van der Waals surface area contributed by atoms with Gasteiger partial charge in [-0.15, -0.1) is 0 Å². The summed E-state index contributed by atoms with van der Waals surface area (Å²) >= 11 is 0. The molecular formula is C16H24N2O3. The van der Waals surface area contributed by atoms with Gasteiger partial charge in [-0.1, -0.05) is 0 Å². The fraction of sp³-hybridized carbons (Fsp3) is 0.562. The molecule has 1 fully saturated rings. The third-order valence-corrected chi connectivity index (χ3v) is 3.69. The van der Waals surface area contributed by atoms with Crippen molar-refractivity contribution < 1.29 is 14.3 Å². The van der Waals surface area contributed by atoms with E-state index in [-0.39, 0.29) is 12.0 Å². The van der Waals surface area contributed by atoms with E-state index in [0.717, 1.165) is 37.1 Å². The number of methoxy groups -OCH3 is 1. The Morgan fingerprint density at radius 3 is 2.71 bits per heavy atom. The summed E-state index contributed by atoms with van der Waals surface area (Å²) in [4.78, 5) is 14.5. The maximum atomic E-state index is 12.7. The molecule has 1 aliphatic heterocycles. The largest absolute Gasteiger partial charge is 0.497 e. The third-order valence-electron chi connectivity index (χ3n) is 3.69. The van der Waals surface area contributed by atoms with Crippen molar-refractivity contribution in [2.24, 2.45) is 5.73 Å². The lowest BCUT2D eigenvalue weighted by atomic mass is 10.1. The molecule has 1 aromatic rings. The van der Waals surface area contributed by atoms with Crippen molar-refractivity contribution in [1.29, 1.82) is 0 Å². The van der Waals surface area contributed by atoms with Gasteiger partial charge in [0.1, 0.15) is 11.9 Å². The normalized spacial score (nSPS) is 18.3. The van der Waals surface area contributed by atoms with Crippen molar-refractivity contribution >= 4 is 11.6 Å². The van der Waals surface area contributed by atoms with Crippen LogP contribution in [-0.4, -0.2) is 38.8 Å². The average Bonchev–Trinajstić information content (AvgIpc) is 2.56. The van der Waals surface area contributed by atoms with E-state index < -0.39 is 0 Å². The highest BCUT2D eigenvalue weighted by atomic mass is 16.5. The second-order valence-corrected chi connectivity index (χ2v) is 5.19. The molecule has 2 N–H and O–H groups in total. The molecule has 1 atom stereocenters. The molecule has 0 bridgehead atoms. The fourth-order valence-corrected chi connectivity index (χ4v) is 2.49. The Labute approximate surface area is 126 Å². The van der Waals surface area contributed by atoms with Crippen LogP contribution in [0.1, 0.15) is 25.7 Å². The highest BCUT2D eigenvalue weighted by molar-refractivity contribution is 5.96. The molecule has 0 spiro atoms. The average molecular weight is 292 g/mol. The number of carbonyl (C=O) groups excluding carboxylic acids is 1. The summed E-state index contributed by atoms with van der Waals surface area (Å²) in [6.45, 7) is 1.84. The second-order valence-electron chi connectivity index (χ2n) is 5.19. The lowest BCUT2D eigenvalue weighted by Crippen LogP contribution is -2.43. The zero-order valence-corrected chi connectivity index (χ0v) is 12.6. The molecule has 0 saturated carbocycles. The smallest absolute Gasteiger partial charge is 0.256 e. The van der Waals surface area contributed by atoms with E-state index in [1.54, 1.807) is 12.0 Å². The van der Waals surface area contributed by atoms with E-state index >= 15 is 0 Å². The second kappa shape index (κ2) is 8.00. The number of carbonyl (C=O) groups is 1. The van der Waals surface area contributed by atoms with Gasteiger partial charge in [0.05, 0.1) is 7.11 Å². The van der Waals surface area contributed by atoms with Gasteiger partial charge < -0.3 is 20.1 Å². The summed E-state index contributed by atoms with van der Waals surface area (Å²) < 4.78 is 10.8. The lowest BCUT2D eigenvalue weighted by molar-refractivity contribution is -0.132. The van der Waals surface area contributed by atoms with Gasteiger partial charge in [-0.05, 0) is 56.5 Å². The Morgan fingerprint density at radius 1 is 1.38 bits per heavy atom. The number of anilines is 1. The maximum Gasteiger partial charge on any atom is 0.256 e. The van der Waals surface area contributed by atoms with Gasteiger partial charge in [-0.3, -0.25) is 4.79 Å². The summed E-state index contributed by atoms with van der Waals surface area (Å²) in [5.41, 5.74) is 6.45. The number of benzene rings is 1. The zero-order chi connectivity index (χ0) is 15.1. The summed E-state index contributed by atoms with van der Waals surface area (Å²) in [6.07, 6.45) is 3.33. The Hall–Kier alpha value is -1.59. The predicted molar refractivity (Wildman–Crippen MR) is 82.6 cm³/mol. The molecule has 1 amide bonds. The molecular weight excluding hydrogens is 268 g/mol. The maximum absolute atomic E-state index is 12.7. The molecule has 21 heavy (non-hydrogen) atoms. The van der Waals surface area contributed by atoms with Crippen molar-refractivity contribution in [3.8, 4) is 5.75 Å². The minimum Gasteiger partial charge on any atom is -0.497 e. The van der Waals surface area contributed by atoms with Crippen LogP contribution in [0.4, 0.5) is 5.69 Å². The topological polar surface area (TPSA) is 64.8 Å². The van der Waals surface area contributed by atoms with E-state index in [1.807, 2.05) is 24.3 Å². The number of amides is 1. The van der Waals surface area contributed by atoms with Crippen LogP contribution in [-0.2, 0) is 9.53 Å². The van der Waals surface area contributed by atoms with Crippen LogP contribution >= 0.6 is 0 Å². The number of hydrogen-bond donors (Lipinski definition) is 1. The molecule has 1 heterocycles. The molecule has 1 aliphatic rings. The van der Waals surface area contributed by atoms with E-state index in [9.17, 15) is 4.79 Å². The molecule has 0 aromatic heterocycles. The summed E-state index contributed by atoms with van der Waals surface area (Å²) in [5.74, 6) is 0.812. The van der Waals surface area contributed by atoms with Crippen molar-refractivity contribution in [2.75, 3.05) is 31.7 Å². The molecule has 116 valence electrons. The van der Waals surface area contributed by atoms with Crippen LogP contribution in [0.3, 0.4) is 0 Å². The first-order valence-corrected chi connectivity index (χ1v) is 7.53. The quantitative estimate of drug-likeness (QED) is 0.870. The van der Waals surface area contributed by atoms with Crippen LogP contribution in [0.25, 0.3) is 0 Å². The van der Waals surface area contributed by atoms with Crippen molar-refractivity contribution in [3.05, 3.63) is 24.3 Å². The van der Waals surface area contributed by atoms with Gasteiger partial charge in [0.15, 0.2) is 0 Å². The first kappa shape index (κ1) is 15.8. The number of rotatable bonds is 6. The van der Waals surface area contributed by atoms with Gasteiger partial charge in [0.25, 0.3) is 5.91 Å². The Balaban J connectivity index is 2.13. The zero-order valence-electron chi connectivity index (χ0n) is 12.6. The van der Waals surface area contributed by atoms with E-state index in [2.05, 4.69) is 0 Å². The monoisotopic (exact) mass is 292 g/mol. The Bertz CT molecular complexity index is 441. The van der Waals surface area contributed by atoms with E-state index in [0.29, 0.717) is 19.7 Å². The minimum absolute atomic E-state index is 0.0355. The summed E-state index contributed by atoms with van der Waals surface area (Å²) in [6, 6.07) is 7.52. The number of hydrogen-bond acceptors (Lipinski definition) is 4. The van der Waals surface area contributed by atoms with Crippen LogP contribution < -0.4 is 15.4 Å². The molecule has 1 unspecified atom stereocenters. The molecule has 0 aliphatic carbocycles. The number of ether oxygens (including phenoxy) is 2. The minimum atomic E-state index is -0.321. The van der Waals surface area contributed by atoms with Crippen molar-refractivity contribution in [3.63, 3.8) is 0 Å². The van der Waals surface area contributed by atoms with Gasteiger partial charge in [0, 0.05) is 18.8 Å². The number of nitrogens with two attached hydrogens (primary N) is 1. The molecule has 5 heteroatoms. The SMILES string of the molecule is COc1ccc(N(CCCN)C(=O)C2CCCCO2)cc1. The van der Waals surface area contributed by atoms with Gasteiger partial charge >= 0.3 is 0 Å². The van der Waals surface area contributed by atoms with E-state index in [1.165, 1.54) is 0 Å². The predicted octanol–water partition coefficient (Wildman–Crippen LogP) is 1.95. The highest BCUT2D eigenvalue weighted by Gasteiger charge is 2.27. The Morgan fingerprint density at radius 2 is 2.14 bits per heavy atom. The molecule has 0 radical (unpaired) electrons. The van der Waals surface area contributed by atoms with E-state index in [4.69, 9.17) is 15.2 Å². The number of nitrogens with zero attached hydrogens (tertiary/aromatic N) is 1. The van der Waals surface area contributed by atoms with Crippen LogP contribution in [0.5, 0.6) is 5.75 Å². The van der Waals surface area contributed by atoms with Crippen LogP contribution in [0, 0.1) is 0 Å².